The van der Waals surface area contributed by atoms with Gasteiger partial charge in [-0.3, -0.25) is 19.5 Å². The molecule has 0 saturated carbocycles. The highest BCUT2D eigenvalue weighted by molar-refractivity contribution is 5.93. The van der Waals surface area contributed by atoms with Crippen LogP contribution in [0.3, 0.4) is 0 Å². The monoisotopic (exact) mass is 369 g/mol. The van der Waals surface area contributed by atoms with E-state index >= 15 is 0 Å². The highest BCUT2D eigenvalue weighted by Gasteiger charge is 2.28. The molecule has 140 valence electrons. The molecular formula is C17H19N7O3. The Bertz CT molecular complexity index is 1140. The van der Waals surface area contributed by atoms with Crippen LogP contribution in [-0.4, -0.2) is 53.4 Å². The third-order valence-electron chi connectivity index (χ3n) is 4.72. The van der Waals surface area contributed by atoms with Gasteiger partial charge in [-0.1, -0.05) is 0 Å². The van der Waals surface area contributed by atoms with Gasteiger partial charge in [0, 0.05) is 31.3 Å². The first-order chi connectivity index (χ1) is 12.9. The molecule has 1 aliphatic heterocycles. The number of rotatable bonds is 2. The van der Waals surface area contributed by atoms with Gasteiger partial charge in [-0.2, -0.15) is 9.50 Å². The molecule has 27 heavy (non-hydrogen) atoms. The summed E-state index contributed by atoms with van der Waals surface area (Å²) in [5.41, 5.74) is -0.0172. The molecule has 1 unspecified atom stereocenters. The molecule has 3 aromatic rings. The van der Waals surface area contributed by atoms with E-state index < -0.39 is 5.56 Å². The molecule has 0 aliphatic carbocycles. The molecule has 10 nitrogen and oxygen atoms in total. The molecule has 1 atom stereocenters. The van der Waals surface area contributed by atoms with Gasteiger partial charge in [-0.25, -0.2) is 9.97 Å². The zero-order valence-electron chi connectivity index (χ0n) is 15.0. The molecule has 0 spiro atoms. The van der Waals surface area contributed by atoms with Gasteiger partial charge in [0.1, 0.15) is 17.2 Å². The van der Waals surface area contributed by atoms with Crippen molar-refractivity contribution in [3.63, 3.8) is 0 Å². The van der Waals surface area contributed by atoms with Crippen LogP contribution in [0.4, 0.5) is 0 Å². The van der Waals surface area contributed by atoms with Crippen molar-refractivity contribution in [2.45, 2.75) is 32.6 Å². The summed E-state index contributed by atoms with van der Waals surface area (Å²) in [7, 11) is 0. The molecule has 0 aromatic carbocycles. The van der Waals surface area contributed by atoms with Gasteiger partial charge < -0.3 is 9.88 Å². The number of nitrogens with zero attached hydrogens (tertiary/aromatic N) is 5. The molecule has 10 heteroatoms. The number of likely N-dealkylation sites (tertiary alicyclic amines) is 1. The molecule has 0 radical (unpaired) electrons. The third-order valence-corrected chi connectivity index (χ3v) is 4.72. The molecule has 3 aromatic heterocycles. The van der Waals surface area contributed by atoms with Crippen LogP contribution < -0.4 is 11.1 Å². The van der Waals surface area contributed by atoms with Crippen LogP contribution in [0.1, 0.15) is 46.5 Å². The standard InChI is InChI=1S/C17H19N7O3/c1-9-19-13(6-14(25)20-9)11-4-3-5-23(8-11)15(26)12-7-18-17-21-10(2)22-24(17)16(12)27/h6-7,11H,3-5,8H2,1-2H3,(H,18,21,22)(H,19,20,25). The van der Waals surface area contributed by atoms with Crippen molar-refractivity contribution in [1.82, 2.24) is 34.4 Å². The maximum atomic E-state index is 12.9. The normalized spacial score (nSPS) is 17.4. The zero-order chi connectivity index (χ0) is 19.1. The van der Waals surface area contributed by atoms with Crippen LogP contribution in [0.15, 0.2) is 21.9 Å². The summed E-state index contributed by atoms with van der Waals surface area (Å²) in [6, 6.07) is 1.47. The van der Waals surface area contributed by atoms with Crippen molar-refractivity contribution in [2.24, 2.45) is 0 Å². The molecule has 1 fully saturated rings. The van der Waals surface area contributed by atoms with E-state index in [0.717, 1.165) is 12.8 Å². The van der Waals surface area contributed by atoms with E-state index in [0.29, 0.717) is 30.4 Å². The van der Waals surface area contributed by atoms with Gasteiger partial charge in [0.25, 0.3) is 22.8 Å². The number of hydrogen-bond donors (Lipinski definition) is 2. The number of aryl methyl sites for hydroxylation is 2. The Hall–Kier alpha value is -3.30. The van der Waals surface area contributed by atoms with Crippen molar-refractivity contribution in [3.8, 4) is 0 Å². The second-order valence-corrected chi connectivity index (χ2v) is 6.77. The number of nitrogens with one attached hydrogen (secondary N) is 2. The fraction of sp³-hybridized carbons (Fsp3) is 0.412. The van der Waals surface area contributed by atoms with Crippen LogP contribution in [0.25, 0.3) is 5.78 Å². The van der Waals surface area contributed by atoms with E-state index in [9.17, 15) is 14.4 Å². The predicted octanol–water partition coefficient (Wildman–Crippen LogP) is 0.138. The number of fused-ring (bicyclic) bond motifs is 1. The van der Waals surface area contributed by atoms with Crippen molar-refractivity contribution >= 4 is 11.7 Å². The predicted molar refractivity (Wildman–Crippen MR) is 95.8 cm³/mol. The van der Waals surface area contributed by atoms with Gasteiger partial charge in [-0.05, 0) is 26.7 Å². The summed E-state index contributed by atoms with van der Waals surface area (Å²) in [4.78, 5) is 54.1. The fourth-order valence-corrected chi connectivity index (χ4v) is 3.49. The summed E-state index contributed by atoms with van der Waals surface area (Å²) >= 11 is 0. The lowest BCUT2D eigenvalue weighted by atomic mass is 9.94. The van der Waals surface area contributed by atoms with Gasteiger partial charge in [-0.15, -0.1) is 0 Å². The summed E-state index contributed by atoms with van der Waals surface area (Å²) in [6.07, 6.45) is 2.87. The molecule has 1 amide bonds. The fourth-order valence-electron chi connectivity index (χ4n) is 3.49. The van der Waals surface area contributed by atoms with E-state index in [-0.39, 0.29) is 28.7 Å². The minimum atomic E-state index is -0.474. The maximum Gasteiger partial charge on any atom is 0.286 e. The number of carbonyl (C=O) groups excluding carboxylic acids is 1. The second kappa shape index (κ2) is 6.45. The van der Waals surface area contributed by atoms with Gasteiger partial charge in [0.15, 0.2) is 0 Å². The maximum absolute atomic E-state index is 12.9. The minimum Gasteiger partial charge on any atom is -0.338 e. The largest absolute Gasteiger partial charge is 0.338 e. The summed E-state index contributed by atoms with van der Waals surface area (Å²) in [5.74, 6) is 0.896. The Labute approximate surface area is 153 Å². The number of amides is 1. The Kier molecular flexibility index (Phi) is 4.09. The number of piperidine rings is 1. The Morgan fingerprint density at radius 1 is 1.22 bits per heavy atom. The van der Waals surface area contributed by atoms with Gasteiger partial charge >= 0.3 is 0 Å². The highest BCUT2D eigenvalue weighted by atomic mass is 16.2. The van der Waals surface area contributed by atoms with Crippen LogP contribution in [0.5, 0.6) is 0 Å². The quantitative estimate of drug-likeness (QED) is 0.661. The van der Waals surface area contributed by atoms with Crippen molar-refractivity contribution in [3.05, 3.63) is 55.9 Å². The molecule has 1 saturated heterocycles. The zero-order valence-corrected chi connectivity index (χ0v) is 15.0. The molecule has 0 bridgehead atoms. The average Bonchev–Trinajstić information content (AvgIpc) is 3.02. The highest BCUT2D eigenvalue weighted by Crippen LogP contribution is 2.25. The van der Waals surface area contributed by atoms with Crippen molar-refractivity contribution in [2.75, 3.05) is 13.1 Å². The number of aromatic amines is 2. The minimum absolute atomic E-state index is 0.00755. The molecule has 1 aliphatic rings. The van der Waals surface area contributed by atoms with Crippen LogP contribution in [0, 0.1) is 13.8 Å². The SMILES string of the molecule is Cc1nc(C2CCCN(C(=O)c3cnc4nc(C)[nH]n4c3=O)C2)cc(=O)[nH]1. The van der Waals surface area contributed by atoms with E-state index in [2.05, 4.69) is 25.0 Å². The summed E-state index contributed by atoms with van der Waals surface area (Å²) in [5, 5.41) is 2.78. The smallest absolute Gasteiger partial charge is 0.286 e. The molecular weight excluding hydrogens is 350 g/mol. The Morgan fingerprint density at radius 3 is 2.81 bits per heavy atom. The number of H-pyrrole nitrogens is 2. The van der Waals surface area contributed by atoms with Gasteiger partial charge in [0.2, 0.25) is 0 Å². The lowest BCUT2D eigenvalue weighted by Gasteiger charge is -2.32. The summed E-state index contributed by atoms with van der Waals surface area (Å²) in [6.45, 7) is 4.38. The van der Waals surface area contributed by atoms with Crippen LogP contribution >= 0.6 is 0 Å². The van der Waals surface area contributed by atoms with E-state index in [1.807, 2.05) is 0 Å². The summed E-state index contributed by atoms with van der Waals surface area (Å²) < 4.78 is 1.17. The second-order valence-electron chi connectivity index (χ2n) is 6.77. The van der Waals surface area contributed by atoms with Crippen LogP contribution in [-0.2, 0) is 0 Å². The van der Waals surface area contributed by atoms with Crippen LogP contribution in [0.2, 0.25) is 0 Å². The van der Waals surface area contributed by atoms with Gasteiger partial charge in [0.05, 0.1) is 5.69 Å². The van der Waals surface area contributed by atoms with E-state index in [1.165, 1.54) is 16.8 Å². The number of aromatic nitrogens is 6. The lowest BCUT2D eigenvalue weighted by Crippen LogP contribution is -2.42. The number of hydrogen-bond acceptors (Lipinski definition) is 6. The van der Waals surface area contributed by atoms with Crippen molar-refractivity contribution in [1.29, 1.82) is 0 Å². The first-order valence-electron chi connectivity index (χ1n) is 8.74. The Balaban J connectivity index is 1.63. The molecule has 2 N–H and O–H groups in total. The van der Waals surface area contributed by atoms with E-state index in [1.54, 1.807) is 18.7 Å². The van der Waals surface area contributed by atoms with E-state index in [4.69, 9.17) is 0 Å². The average molecular weight is 369 g/mol. The lowest BCUT2D eigenvalue weighted by molar-refractivity contribution is 0.0703. The van der Waals surface area contributed by atoms with Crippen molar-refractivity contribution < 1.29 is 4.79 Å². The molecule has 4 rings (SSSR count). The third kappa shape index (κ3) is 3.14. The first-order valence-corrected chi connectivity index (χ1v) is 8.74. The number of carbonyl (C=O) groups is 1. The topological polar surface area (TPSA) is 129 Å². The molecule has 4 heterocycles. The Morgan fingerprint density at radius 2 is 2.04 bits per heavy atom. The first kappa shape index (κ1) is 17.1.